The van der Waals surface area contributed by atoms with Crippen LogP contribution in [0.3, 0.4) is 0 Å². The molecule has 2 nitrogen and oxygen atoms in total. The quantitative estimate of drug-likeness (QED) is 0.807. The minimum Gasteiger partial charge on any atom is -0.255 e. The number of rotatable bonds is 3. The molecule has 4 saturated carbocycles. The number of hydrazine groups is 1. The van der Waals surface area contributed by atoms with Crippen LogP contribution in [0.1, 0.15) is 44.9 Å². The highest BCUT2D eigenvalue weighted by molar-refractivity contribution is 4.98. The van der Waals surface area contributed by atoms with Crippen LogP contribution >= 0.6 is 0 Å². The second-order valence-electron chi connectivity index (χ2n) is 7.15. The predicted octanol–water partition coefficient (Wildman–Crippen LogP) is 2.66. The van der Waals surface area contributed by atoms with Gasteiger partial charge in [-0.3, -0.25) is 5.43 Å². The highest BCUT2D eigenvalue weighted by atomic mass is 15.5. The fourth-order valence-electron chi connectivity index (χ4n) is 5.48. The van der Waals surface area contributed by atoms with Crippen molar-refractivity contribution in [2.45, 2.75) is 44.9 Å². The zero-order valence-corrected chi connectivity index (χ0v) is 10.9. The molecule has 1 saturated heterocycles. The summed E-state index contributed by atoms with van der Waals surface area (Å²) < 4.78 is 0. The lowest BCUT2D eigenvalue weighted by Gasteiger charge is -2.54. The van der Waals surface area contributed by atoms with Crippen LogP contribution in [-0.2, 0) is 0 Å². The molecule has 0 aromatic heterocycles. The summed E-state index contributed by atoms with van der Waals surface area (Å²) in [5, 5.41) is 2.48. The Morgan fingerprint density at radius 2 is 1.41 bits per heavy atom. The molecule has 5 aliphatic rings. The van der Waals surface area contributed by atoms with Gasteiger partial charge in [-0.25, -0.2) is 5.01 Å². The lowest BCUT2D eigenvalue weighted by Crippen LogP contribution is -2.50. The van der Waals surface area contributed by atoms with E-state index in [1.807, 2.05) is 0 Å². The molecule has 0 unspecified atom stereocenters. The Bertz CT molecular complexity index is 255. The van der Waals surface area contributed by atoms with Crippen molar-refractivity contribution >= 4 is 0 Å². The molecule has 0 aromatic carbocycles. The van der Waals surface area contributed by atoms with Crippen LogP contribution in [0.4, 0.5) is 0 Å². The molecule has 96 valence electrons. The maximum absolute atomic E-state index is 3.74. The van der Waals surface area contributed by atoms with E-state index >= 15 is 0 Å². The van der Waals surface area contributed by atoms with E-state index in [0.29, 0.717) is 0 Å². The summed E-state index contributed by atoms with van der Waals surface area (Å²) in [5.74, 6) is 5.44. The Hall–Kier alpha value is -0.0800. The van der Waals surface area contributed by atoms with Crippen molar-refractivity contribution in [1.29, 1.82) is 0 Å². The molecular weight excluding hydrogens is 208 g/mol. The second-order valence-corrected chi connectivity index (χ2v) is 7.15. The molecule has 2 heteroatoms. The number of hydrogen-bond donors (Lipinski definition) is 1. The van der Waals surface area contributed by atoms with Gasteiger partial charge in [0.1, 0.15) is 0 Å². The molecular formula is C15H26N2. The summed E-state index contributed by atoms with van der Waals surface area (Å²) in [6.07, 6.45) is 10.7. The molecule has 5 fully saturated rings. The molecule has 0 atom stereocenters. The van der Waals surface area contributed by atoms with Crippen LogP contribution in [0.2, 0.25) is 0 Å². The molecule has 0 amide bonds. The average Bonchev–Trinajstić information content (AvgIpc) is 2.80. The van der Waals surface area contributed by atoms with E-state index in [2.05, 4.69) is 10.4 Å². The van der Waals surface area contributed by atoms with Gasteiger partial charge in [-0.05, 0) is 74.5 Å². The first-order chi connectivity index (χ1) is 8.38. The second kappa shape index (κ2) is 4.24. The lowest BCUT2D eigenvalue weighted by atomic mass is 9.52. The van der Waals surface area contributed by atoms with Crippen molar-refractivity contribution in [3.63, 3.8) is 0 Å². The van der Waals surface area contributed by atoms with Crippen LogP contribution in [-0.4, -0.2) is 24.6 Å². The third kappa shape index (κ3) is 1.94. The molecule has 17 heavy (non-hydrogen) atoms. The maximum Gasteiger partial charge on any atom is 0.0136 e. The first-order valence-corrected chi connectivity index (χ1v) is 7.87. The van der Waals surface area contributed by atoms with Gasteiger partial charge in [-0.2, -0.15) is 0 Å². The van der Waals surface area contributed by atoms with Crippen molar-refractivity contribution in [3.05, 3.63) is 0 Å². The summed E-state index contributed by atoms with van der Waals surface area (Å²) in [5.41, 5.74) is 3.74. The largest absolute Gasteiger partial charge is 0.255 e. The zero-order chi connectivity index (χ0) is 11.2. The van der Waals surface area contributed by atoms with Crippen molar-refractivity contribution in [1.82, 2.24) is 10.4 Å². The van der Waals surface area contributed by atoms with Gasteiger partial charge in [0, 0.05) is 19.6 Å². The van der Waals surface area contributed by atoms with Crippen molar-refractivity contribution in [3.8, 4) is 0 Å². The van der Waals surface area contributed by atoms with Gasteiger partial charge in [-0.15, -0.1) is 0 Å². The number of nitrogens with zero attached hydrogens (tertiary/aromatic N) is 1. The Morgan fingerprint density at radius 1 is 0.824 bits per heavy atom. The molecule has 1 heterocycles. The van der Waals surface area contributed by atoms with Gasteiger partial charge in [0.2, 0.25) is 0 Å². The first-order valence-electron chi connectivity index (χ1n) is 7.87. The minimum atomic E-state index is 1.02. The average molecular weight is 234 g/mol. The van der Waals surface area contributed by atoms with Crippen LogP contribution in [0.15, 0.2) is 0 Å². The fourth-order valence-corrected chi connectivity index (χ4v) is 5.48. The summed E-state index contributed by atoms with van der Waals surface area (Å²) in [6.45, 7) is 3.86. The third-order valence-electron chi connectivity index (χ3n) is 6.08. The highest BCUT2D eigenvalue weighted by Crippen LogP contribution is 2.56. The van der Waals surface area contributed by atoms with E-state index in [4.69, 9.17) is 0 Å². The van der Waals surface area contributed by atoms with Crippen molar-refractivity contribution in [2.24, 2.45) is 29.6 Å². The van der Waals surface area contributed by atoms with Crippen LogP contribution < -0.4 is 5.43 Å². The Balaban J connectivity index is 1.37. The first kappa shape index (κ1) is 10.8. The van der Waals surface area contributed by atoms with Crippen molar-refractivity contribution < 1.29 is 0 Å². The van der Waals surface area contributed by atoms with Crippen LogP contribution in [0, 0.1) is 29.6 Å². The van der Waals surface area contributed by atoms with E-state index in [1.165, 1.54) is 32.5 Å². The number of hydrogen-bond acceptors (Lipinski definition) is 2. The minimum absolute atomic E-state index is 1.02. The zero-order valence-electron chi connectivity index (χ0n) is 10.9. The van der Waals surface area contributed by atoms with Gasteiger partial charge in [0.15, 0.2) is 0 Å². The van der Waals surface area contributed by atoms with Gasteiger partial charge in [0.25, 0.3) is 0 Å². The molecule has 1 aliphatic heterocycles. The Morgan fingerprint density at radius 3 is 2.00 bits per heavy atom. The van der Waals surface area contributed by atoms with E-state index in [1.54, 1.807) is 32.1 Å². The molecule has 0 spiro atoms. The van der Waals surface area contributed by atoms with E-state index in [9.17, 15) is 0 Å². The predicted molar refractivity (Wildman–Crippen MR) is 69.3 cm³/mol. The molecule has 4 bridgehead atoms. The molecule has 1 N–H and O–H groups in total. The topological polar surface area (TPSA) is 15.3 Å². The Labute approximate surface area is 105 Å². The van der Waals surface area contributed by atoms with E-state index < -0.39 is 0 Å². The fraction of sp³-hybridized carbons (Fsp3) is 1.00. The van der Waals surface area contributed by atoms with Crippen LogP contribution in [0.25, 0.3) is 0 Å². The summed E-state index contributed by atoms with van der Waals surface area (Å²) >= 11 is 0. The Kier molecular flexibility index (Phi) is 2.69. The maximum atomic E-state index is 3.74. The smallest absolute Gasteiger partial charge is 0.0136 e. The van der Waals surface area contributed by atoms with E-state index in [0.717, 1.165) is 29.6 Å². The molecule has 5 rings (SSSR count). The van der Waals surface area contributed by atoms with Gasteiger partial charge in [0.05, 0.1) is 0 Å². The van der Waals surface area contributed by atoms with Crippen molar-refractivity contribution in [2.75, 3.05) is 19.6 Å². The SMILES string of the molecule is C1CCN(NCC2C3CC4CC(C3)CC2C4)C1. The van der Waals surface area contributed by atoms with E-state index in [-0.39, 0.29) is 0 Å². The van der Waals surface area contributed by atoms with Gasteiger partial charge < -0.3 is 0 Å². The molecule has 0 aromatic rings. The molecule has 4 aliphatic carbocycles. The molecule has 0 radical (unpaired) electrons. The van der Waals surface area contributed by atoms with Gasteiger partial charge >= 0.3 is 0 Å². The highest BCUT2D eigenvalue weighted by Gasteiger charge is 2.47. The summed E-state index contributed by atoms with van der Waals surface area (Å²) in [4.78, 5) is 0. The summed E-state index contributed by atoms with van der Waals surface area (Å²) in [6, 6.07) is 0. The standard InChI is InChI=1S/C15H26N2/c1-2-4-17(3-1)16-10-15-13-6-11-5-12(8-13)9-14(15)7-11/h11-16H,1-10H2. The third-order valence-corrected chi connectivity index (χ3v) is 6.08. The number of nitrogens with one attached hydrogen (secondary N) is 1. The lowest BCUT2D eigenvalue weighted by molar-refractivity contribution is -0.0416. The van der Waals surface area contributed by atoms with Crippen LogP contribution in [0.5, 0.6) is 0 Å². The summed E-state index contributed by atoms with van der Waals surface area (Å²) in [7, 11) is 0. The monoisotopic (exact) mass is 234 g/mol. The van der Waals surface area contributed by atoms with Gasteiger partial charge in [-0.1, -0.05) is 0 Å². The normalized spacial score (nSPS) is 49.1.